The largest absolute Gasteiger partial charge is 0.379 e. The minimum Gasteiger partial charge on any atom is -0.379 e. The lowest BCUT2D eigenvalue weighted by Crippen LogP contribution is -2.37. The maximum Gasteiger partial charge on any atom is 0.0776 e. The van der Waals surface area contributed by atoms with Crippen molar-refractivity contribution in [3.8, 4) is 0 Å². The summed E-state index contributed by atoms with van der Waals surface area (Å²) in [5.41, 5.74) is 6.54. The molecule has 0 aromatic heterocycles. The summed E-state index contributed by atoms with van der Waals surface area (Å²) >= 11 is 0. The lowest BCUT2D eigenvalue weighted by Gasteiger charge is -2.25. The molecule has 1 aromatic carbocycles. The van der Waals surface area contributed by atoms with Gasteiger partial charge in [0.1, 0.15) is 0 Å². The molecule has 0 radical (unpaired) electrons. The third kappa shape index (κ3) is 3.04. The van der Waals surface area contributed by atoms with Gasteiger partial charge in [0.25, 0.3) is 0 Å². The molecule has 3 N–H and O–H groups in total. The Balaban J connectivity index is 3.02. The number of nitrogens with one attached hydrogen (secondary N) is 1. The average Bonchev–Trinajstić information content (AvgIpc) is 2.24. The third-order valence-electron chi connectivity index (χ3n) is 2.86. The summed E-state index contributed by atoms with van der Waals surface area (Å²) in [4.78, 5) is 0. The summed E-state index contributed by atoms with van der Waals surface area (Å²) in [5.74, 6) is 5.63. The Kier molecular flexibility index (Phi) is 4.93. The van der Waals surface area contributed by atoms with Crippen LogP contribution in [0.1, 0.15) is 36.1 Å². The van der Waals surface area contributed by atoms with Crippen molar-refractivity contribution in [1.29, 1.82) is 0 Å². The van der Waals surface area contributed by atoms with Gasteiger partial charge in [-0.25, -0.2) is 0 Å². The summed E-state index contributed by atoms with van der Waals surface area (Å²) < 4.78 is 5.44. The molecule has 1 rings (SSSR count). The molecule has 1 aromatic rings. The molecule has 0 aliphatic carbocycles. The second kappa shape index (κ2) is 5.99. The Hall–Kier alpha value is -0.900. The van der Waals surface area contributed by atoms with Gasteiger partial charge in [0, 0.05) is 7.11 Å². The summed E-state index contributed by atoms with van der Waals surface area (Å²) in [6.45, 7) is 6.29. The van der Waals surface area contributed by atoms with E-state index in [9.17, 15) is 0 Å². The highest BCUT2D eigenvalue weighted by Crippen LogP contribution is 2.22. The molecule has 3 nitrogen and oxygen atoms in total. The number of hydrazine groups is 1. The van der Waals surface area contributed by atoms with Crippen LogP contribution >= 0.6 is 0 Å². The zero-order chi connectivity index (χ0) is 12.1. The van der Waals surface area contributed by atoms with Gasteiger partial charge in [0.05, 0.1) is 12.1 Å². The Bertz CT molecular complexity index is 314. The standard InChI is InChI=1S/C13H22N2O/c1-5-12(16-4)13(15-14)11-7-9(2)6-10(3)8-11/h6-8,12-13,15H,5,14H2,1-4H3. The Morgan fingerprint density at radius 1 is 1.25 bits per heavy atom. The molecule has 16 heavy (non-hydrogen) atoms. The molecule has 2 atom stereocenters. The second-order valence-electron chi connectivity index (χ2n) is 4.25. The zero-order valence-corrected chi connectivity index (χ0v) is 10.6. The highest BCUT2D eigenvalue weighted by atomic mass is 16.5. The first-order valence-electron chi connectivity index (χ1n) is 5.69. The molecular weight excluding hydrogens is 200 g/mol. The molecule has 2 unspecified atom stereocenters. The first-order chi connectivity index (χ1) is 7.62. The van der Waals surface area contributed by atoms with Gasteiger partial charge in [-0.3, -0.25) is 11.3 Å². The van der Waals surface area contributed by atoms with Crippen LogP contribution in [0.15, 0.2) is 18.2 Å². The van der Waals surface area contributed by atoms with Gasteiger partial charge in [-0.05, 0) is 25.8 Å². The molecule has 90 valence electrons. The molecule has 3 heteroatoms. The fourth-order valence-electron chi connectivity index (χ4n) is 2.15. The van der Waals surface area contributed by atoms with Crippen LogP contribution in [0.5, 0.6) is 0 Å². The topological polar surface area (TPSA) is 47.3 Å². The summed E-state index contributed by atoms with van der Waals surface area (Å²) in [5, 5.41) is 0. The van der Waals surface area contributed by atoms with Gasteiger partial charge < -0.3 is 4.74 Å². The van der Waals surface area contributed by atoms with E-state index in [1.165, 1.54) is 16.7 Å². The van der Waals surface area contributed by atoms with Crippen molar-refractivity contribution in [2.24, 2.45) is 5.84 Å². The van der Waals surface area contributed by atoms with Gasteiger partial charge in [-0.1, -0.05) is 36.2 Å². The first kappa shape index (κ1) is 13.2. The van der Waals surface area contributed by atoms with Crippen molar-refractivity contribution >= 4 is 0 Å². The predicted octanol–water partition coefficient (Wildman–Crippen LogP) is 2.23. The van der Waals surface area contributed by atoms with E-state index in [4.69, 9.17) is 10.6 Å². The minimum atomic E-state index is 0.0496. The smallest absolute Gasteiger partial charge is 0.0776 e. The van der Waals surface area contributed by atoms with E-state index in [1.807, 2.05) is 0 Å². The quantitative estimate of drug-likeness (QED) is 0.593. The van der Waals surface area contributed by atoms with Gasteiger partial charge in [-0.2, -0.15) is 0 Å². The van der Waals surface area contributed by atoms with Crippen molar-refractivity contribution in [2.45, 2.75) is 39.3 Å². The van der Waals surface area contributed by atoms with Crippen molar-refractivity contribution in [3.05, 3.63) is 34.9 Å². The molecule has 0 aliphatic heterocycles. The van der Waals surface area contributed by atoms with E-state index in [0.29, 0.717) is 0 Å². The normalized spacial score (nSPS) is 14.8. The van der Waals surface area contributed by atoms with Crippen LogP contribution in [-0.4, -0.2) is 13.2 Å². The number of nitrogens with two attached hydrogens (primary N) is 1. The number of hydrogen-bond donors (Lipinski definition) is 2. The lowest BCUT2D eigenvalue weighted by molar-refractivity contribution is 0.0651. The van der Waals surface area contributed by atoms with E-state index < -0.39 is 0 Å². The molecular formula is C13H22N2O. The number of methoxy groups -OCH3 is 1. The molecule has 0 heterocycles. The maximum absolute atomic E-state index is 5.63. The molecule has 0 aliphatic rings. The number of aryl methyl sites for hydroxylation is 2. The predicted molar refractivity (Wildman–Crippen MR) is 67.1 cm³/mol. The molecule has 0 fully saturated rings. The monoisotopic (exact) mass is 222 g/mol. The van der Waals surface area contributed by atoms with E-state index >= 15 is 0 Å². The SMILES string of the molecule is CCC(OC)C(NN)c1cc(C)cc(C)c1. The van der Waals surface area contributed by atoms with Crippen LogP contribution in [0.2, 0.25) is 0 Å². The Labute approximate surface area is 98.0 Å². The van der Waals surface area contributed by atoms with E-state index in [2.05, 4.69) is 44.4 Å². The third-order valence-corrected chi connectivity index (χ3v) is 2.86. The number of benzene rings is 1. The molecule has 0 saturated heterocycles. The minimum absolute atomic E-state index is 0.0496. The lowest BCUT2D eigenvalue weighted by atomic mass is 9.96. The number of rotatable bonds is 5. The van der Waals surface area contributed by atoms with Crippen molar-refractivity contribution < 1.29 is 4.74 Å². The highest BCUT2D eigenvalue weighted by Gasteiger charge is 2.20. The van der Waals surface area contributed by atoms with Crippen LogP contribution in [0.25, 0.3) is 0 Å². The van der Waals surface area contributed by atoms with Crippen molar-refractivity contribution in [1.82, 2.24) is 5.43 Å². The van der Waals surface area contributed by atoms with Gasteiger partial charge >= 0.3 is 0 Å². The molecule has 0 spiro atoms. The Morgan fingerprint density at radius 3 is 2.19 bits per heavy atom. The molecule has 0 amide bonds. The summed E-state index contributed by atoms with van der Waals surface area (Å²) in [6.07, 6.45) is 1.03. The average molecular weight is 222 g/mol. The maximum atomic E-state index is 5.63. The van der Waals surface area contributed by atoms with E-state index in [1.54, 1.807) is 7.11 Å². The number of ether oxygens (including phenoxy) is 1. The van der Waals surface area contributed by atoms with Gasteiger partial charge in [0.2, 0.25) is 0 Å². The fraction of sp³-hybridized carbons (Fsp3) is 0.538. The molecule has 0 bridgehead atoms. The van der Waals surface area contributed by atoms with E-state index in [-0.39, 0.29) is 12.1 Å². The van der Waals surface area contributed by atoms with Crippen LogP contribution < -0.4 is 11.3 Å². The van der Waals surface area contributed by atoms with Crippen LogP contribution in [0.4, 0.5) is 0 Å². The summed E-state index contributed by atoms with van der Waals surface area (Å²) in [6, 6.07) is 6.51. The zero-order valence-electron chi connectivity index (χ0n) is 10.6. The van der Waals surface area contributed by atoms with Crippen molar-refractivity contribution in [3.63, 3.8) is 0 Å². The molecule has 0 saturated carbocycles. The number of hydrogen-bond acceptors (Lipinski definition) is 3. The second-order valence-corrected chi connectivity index (χ2v) is 4.25. The van der Waals surface area contributed by atoms with Crippen LogP contribution in [-0.2, 0) is 4.74 Å². The first-order valence-corrected chi connectivity index (χ1v) is 5.69. The fourth-order valence-corrected chi connectivity index (χ4v) is 2.15. The van der Waals surface area contributed by atoms with Crippen LogP contribution in [0.3, 0.4) is 0 Å². The van der Waals surface area contributed by atoms with Gasteiger partial charge in [0.15, 0.2) is 0 Å². The van der Waals surface area contributed by atoms with E-state index in [0.717, 1.165) is 6.42 Å². The summed E-state index contributed by atoms with van der Waals surface area (Å²) in [7, 11) is 1.72. The Morgan fingerprint density at radius 2 is 1.81 bits per heavy atom. The van der Waals surface area contributed by atoms with Crippen LogP contribution in [0, 0.1) is 13.8 Å². The van der Waals surface area contributed by atoms with Gasteiger partial charge in [-0.15, -0.1) is 0 Å². The highest BCUT2D eigenvalue weighted by molar-refractivity contribution is 5.31. The van der Waals surface area contributed by atoms with Crippen molar-refractivity contribution in [2.75, 3.05) is 7.11 Å².